The van der Waals surface area contributed by atoms with Gasteiger partial charge in [0.1, 0.15) is 12.1 Å². The van der Waals surface area contributed by atoms with Gasteiger partial charge in [-0.15, -0.1) is 0 Å². The predicted octanol–water partition coefficient (Wildman–Crippen LogP) is 1.42. The third-order valence-corrected chi connectivity index (χ3v) is 2.49. The molecular formula is C11H12N6O3. The van der Waals surface area contributed by atoms with E-state index in [9.17, 15) is 10.1 Å². The van der Waals surface area contributed by atoms with Gasteiger partial charge in [-0.1, -0.05) is 0 Å². The van der Waals surface area contributed by atoms with Crippen molar-refractivity contribution in [2.24, 2.45) is 5.84 Å². The molecule has 104 valence electrons. The molecule has 0 aliphatic heterocycles. The lowest BCUT2D eigenvalue weighted by Crippen LogP contribution is -2.12. The van der Waals surface area contributed by atoms with Gasteiger partial charge in [0.15, 0.2) is 0 Å². The monoisotopic (exact) mass is 276 g/mol. The normalized spacial score (nSPS) is 9.90. The maximum atomic E-state index is 11.1. The second kappa shape index (κ2) is 5.80. The first-order chi connectivity index (χ1) is 9.65. The summed E-state index contributed by atoms with van der Waals surface area (Å²) in [4.78, 5) is 18.0. The molecule has 0 radical (unpaired) electrons. The second-order valence-electron chi connectivity index (χ2n) is 3.67. The van der Waals surface area contributed by atoms with E-state index in [1.807, 2.05) is 0 Å². The molecule has 1 heterocycles. The fourth-order valence-corrected chi connectivity index (χ4v) is 1.56. The molecule has 0 spiro atoms. The zero-order chi connectivity index (χ0) is 14.5. The Labute approximate surface area is 113 Å². The van der Waals surface area contributed by atoms with E-state index in [1.165, 1.54) is 6.33 Å². The number of methoxy groups -OCH3 is 1. The topological polar surface area (TPSA) is 128 Å². The SMILES string of the molecule is COc1ccc(Nc2ncnc(NN)c2[N+](=O)[O-])cc1. The minimum atomic E-state index is -0.610. The van der Waals surface area contributed by atoms with Gasteiger partial charge in [0, 0.05) is 5.69 Å². The van der Waals surface area contributed by atoms with E-state index < -0.39 is 4.92 Å². The molecule has 1 aromatic heterocycles. The molecule has 0 amide bonds. The third kappa shape index (κ3) is 2.72. The Kier molecular flexibility index (Phi) is 3.91. The summed E-state index contributed by atoms with van der Waals surface area (Å²) in [5.74, 6) is 5.85. The Morgan fingerprint density at radius 2 is 1.90 bits per heavy atom. The number of rotatable bonds is 5. The van der Waals surface area contributed by atoms with Crippen molar-refractivity contribution in [3.05, 3.63) is 40.7 Å². The summed E-state index contributed by atoms with van der Waals surface area (Å²) in [7, 11) is 1.55. The highest BCUT2D eigenvalue weighted by Gasteiger charge is 2.22. The Hall–Kier alpha value is -2.94. The van der Waals surface area contributed by atoms with Gasteiger partial charge < -0.3 is 15.5 Å². The Morgan fingerprint density at radius 1 is 1.25 bits per heavy atom. The van der Waals surface area contributed by atoms with Crippen molar-refractivity contribution >= 4 is 23.0 Å². The molecule has 0 saturated heterocycles. The molecule has 2 aromatic rings. The van der Waals surface area contributed by atoms with E-state index >= 15 is 0 Å². The Bertz CT molecular complexity index is 616. The molecule has 0 fully saturated rings. The van der Waals surface area contributed by atoms with Gasteiger partial charge >= 0.3 is 5.69 Å². The molecule has 9 heteroatoms. The molecule has 0 saturated carbocycles. The summed E-state index contributed by atoms with van der Waals surface area (Å²) in [5.41, 5.74) is 2.46. The number of hydrogen-bond donors (Lipinski definition) is 3. The summed E-state index contributed by atoms with van der Waals surface area (Å²) in [6.07, 6.45) is 1.17. The van der Waals surface area contributed by atoms with Gasteiger partial charge in [0.05, 0.1) is 12.0 Å². The lowest BCUT2D eigenvalue weighted by Gasteiger charge is -2.08. The number of benzene rings is 1. The smallest absolute Gasteiger partial charge is 0.354 e. The zero-order valence-corrected chi connectivity index (χ0v) is 10.5. The number of hydrazine groups is 1. The van der Waals surface area contributed by atoms with E-state index in [2.05, 4.69) is 20.7 Å². The van der Waals surface area contributed by atoms with E-state index in [0.717, 1.165) is 0 Å². The van der Waals surface area contributed by atoms with Crippen molar-refractivity contribution in [2.75, 3.05) is 17.9 Å². The van der Waals surface area contributed by atoms with Gasteiger partial charge in [-0.25, -0.2) is 15.8 Å². The van der Waals surface area contributed by atoms with Crippen LogP contribution in [0.5, 0.6) is 5.75 Å². The molecule has 0 aliphatic rings. The largest absolute Gasteiger partial charge is 0.497 e. The van der Waals surface area contributed by atoms with Gasteiger partial charge in [-0.05, 0) is 24.3 Å². The molecule has 0 aliphatic carbocycles. The van der Waals surface area contributed by atoms with Gasteiger partial charge in [0.25, 0.3) is 0 Å². The minimum absolute atomic E-state index is 0.0446. The van der Waals surface area contributed by atoms with Crippen LogP contribution in [-0.2, 0) is 0 Å². The first-order valence-electron chi connectivity index (χ1n) is 5.52. The summed E-state index contributed by atoms with van der Waals surface area (Å²) in [6.45, 7) is 0. The summed E-state index contributed by atoms with van der Waals surface area (Å²) in [5, 5.41) is 13.9. The standard InChI is InChI=1S/C11H12N6O3/c1-20-8-4-2-7(3-5-8)15-10-9(17(18)19)11(16-12)14-6-13-10/h2-6H,12H2,1H3,(H2,13,14,15,16). The highest BCUT2D eigenvalue weighted by molar-refractivity contribution is 5.73. The number of aromatic nitrogens is 2. The Balaban J connectivity index is 2.34. The number of nitro groups is 1. The summed E-state index contributed by atoms with van der Waals surface area (Å²) >= 11 is 0. The molecular weight excluding hydrogens is 264 g/mol. The first-order valence-corrected chi connectivity index (χ1v) is 5.52. The first kappa shape index (κ1) is 13.5. The van der Waals surface area contributed by atoms with Gasteiger partial charge in [-0.3, -0.25) is 10.1 Å². The van der Waals surface area contributed by atoms with Crippen molar-refractivity contribution in [3.63, 3.8) is 0 Å². The van der Waals surface area contributed by atoms with Crippen LogP contribution >= 0.6 is 0 Å². The van der Waals surface area contributed by atoms with Crippen molar-refractivity contribution in [2.45, 2.75) is 0 Å². The lowest BCUT2D eigenvalue weighted by molar-refractivity contribution is -0.383. The Morgan fingerprint density at radius 3 is 2.45 bits per heavy atom. The minimum Gasteiger partial charge on any atom is -0.497 e. The van der Waals surface area contributed by atoms with Crippen LogP contribution in [0, 0.1) is 10.1 Å². The van der Waals surface area contributed by atoms with Crippen LogP contribution in [0.15, 0.2) is 30.6 Å². The van der Waals surface area contributed by atoms with E-state index in [0.29, 0.717) is 11.4 Å². The molecule has 0 atom stereocenters. The van der Waals surface area contributed by atoms with E-state index in [1.54, 1.807) is 31.4 Å². The number of anilines is 3. The van der Waals surface area contributed by atoms with E-state index in [4.69, 9.17) is 10.6 Å². The van der Waals surface area contributed by atoms with Crippen LogP contribution in [0.25, 0.3) is 0 Å². The van der Waals surface area contributed by atoms with Crippen LogP contribution < -0.4 is 21.3 Å². The van der Waals surface area contributed by atoms with Crippen molar-refractivity contribution < 1.29 is 9.66 Å². The lowest BCUT2D eigenvalue weighted by atomic mass is 10.3. The van der Waals surface area contributed by atoms with Crippen molar-refractivity contribution in [1.29, 1.82) is 0 Å². The molecule has 9 nitrogen and oxygen atoms in total. The highest BCUT2D eigenvalue weighted by Crippen LogP contribution is 2.30. The fourth-order valence-electron chi connectivity index (χ4n) is 1.56. The van der Waals surface area contributed by atoms with Crippen molar-refractivity contribution in [3.8, 4) is 5.75 Å². The average molecular weight is 276 g/mol. The second-order valence-corrected chi connectivity index (χ2v) is 3.67. The van der Waals surface area contributed by atoms with Crippen molar-refractivity contribution in [1.82, 2.24) is 9.97 Å². The maximum Gasteiger partial charge on any atom is 0.354 e. The van der Waals surface area contributed by atoms with E-state index in [-0.39, 0.29) is 17.3 Å². The average Bonchev–Trinajstić information content (AvgIpc) is 2.47. The molecule has 0 bridgehead atoms. The molecule has 2 rings (SSSR count). The van der Waals surface area contributed by atoms with Gasteiger partial charge in [0.2, 0.25) is 11.6 Å². The fraction of sp³-hybridized carbons (Fsp3) is 0.0909. The van der Waals surface area contributed by atoms with Crippen LogP contribution in [0.1, 0.15) is 0 Å². The summed E-state index contributed by atoms with van der Waals surface area (Å²) in [6, 6.07) is 6.86. The third-order valence-electron chi connectivity index (χ3n) is 2.49. The van der Waals surface area contributed by atoms with Gasteiger partial charge in [-0.2, -0.15) is 0 Å². The number of nitrogens with two attached hydrogens (primary N) is 1. The zero-order valence-electron chi connectivity index (χ0n) is 10.5. The number of nitrogen functional groups attached to an aromatic ring is 1. The number of nitrogens with zero attached hydrogens (tertiary/aromatic N) is 3. The molecule has 1 aromatic carbocycles. The van der Waals surface area contributed by atoms with Crippen LogP contribution in [0.3, 0.4) is 0 Å². The number of hydrogen-bond acceptors (Lipinski definition) is 8. The predicted molar refractivity (Wildman–Crippen MR) is 72.8 cm³/mol. The maximum absolute atomic E-state index is 11.1. The summed E-state index contributed by atoms with van der Waals surface area (Å²) < 4.78 is 5.03. The molecule has 20 heavy (non-hydrogen) atoms. The van der Waals surface area contributed by atoms with Crippen LogP contribution in [0.4, 0.5) is 23.0 Å². The van der Waals surface area contributed by atoms with Crippen LogP contribution in [0.2, 0.25) is 0 Å². The number of ether oxygens (including phenoxy) is 1. The highest BCUT2D eigenvalue weighted by atomic mass is 16.6. The molecule has 4 N–H and O–H groups in total. The molecule has 0 unspecified atom stereocenters. The number of nitrogens with one attached hydrogen (secondary N) is 2. The van der Waals surface area contributed by atoms with Crippen LogP contribution in [-0.4, -0.2) is 22.0 Å². The quantitative estimate of drug-likeness (QED) is 0.425.